The highest BCUT2D eigenvalue weighted by atomic mass is 31.2. The van der Waals surface area contributed by atoms with Crippen molar-refractivity contribution >= 4 is 7.82 Å². The van der Waals surface area contributed by atoms with Gasteiger partial charge < -0.3 is 42.1 Å². The van der Waals surface area contributed by atoms with Gasteiger partial charge in [-0.3, -0.25) is 4.52 Å². The van der Waals surface area contributed by atoms with E-state index in [2.05, 4.69) is 9.26 Å². The van der Waals surface area contributed by atoms with Crippen molar-refractivity contribution in [1.82, 2.24) is 12.3 Å². The first kappa shape index (κ1) is 18.2. The van der Waals surface area contributed by atoms with Crippen LogP contribution in [-0.4, -0.2) is 56.3 Å². The Morgan fingerprint density at radius 1 is 1.19 bits per heavy atom. The monoisotopic (exact) mass is 264 g/mol. The molecule has 0 bridgehead atoms. The third kappa shape index (κ3) is 4.39. The molecule has 1 aliphatic heterocycles. The summed E-state index contributed by atoms with van der Waals surface area (Å²) in [4.78, 5) is 16.8. The van der Waals surface area contributed by atoms with Gasteiger partial charge in [-0.1, -0.05) is 0 Å². The summed E-state index contributed by atoms with van der Waals surface area (Å²) >= 11 is 0. The lowest BCUT2D eigenvalue weighted by molar-refractivity contribution is -0.126. The van der Waals surface area contributed by atoms with E-state index in [1.165, 1.54) is 0 Å². The molecule has 0 spiro atoms. The van der Waals surface area contributed by atoms with Gasteiger partial charge in [-0.2, -0.15) is 0 Å². The molecule has 1 rings (SSSR count). The number of phosphoric acid groups is 1. The van der Waals surface area contributed by atoms with Gasteiger partial charge in [-0.25, -0.2) is 4.57 Å². The van der Waals surface area contributed by atoms with Gasteiger partial charge in [0.1, 0.15) is 18.3 Å². The van der Waals surface area contributed by atoms with Crippen molar-refractivity contribution in [2.45, 2.75) is 24.6 Å². The van der Waals surface area contributed by atoms with Crippen molar-refractivity contribution in [2.24, 2.45) is 0 Å². The van der Waals surface area contributed by atoms with Gasteiger partial charge in [0, 0.05) is 0 Å². The highest BCUT2D eigenvalue weighted by Crippen LogP contribution is 2.40. The summed E-state index contributed by atoms with van der Waals surface area (Å²) < 4.78 is 19.1. The van der Waals surface area contributed by atoms with Crippen LogP contribution in [0.1, 0.15) is 0 Å². The van der Waals surface area contributed by atoms with Crippen molar-refractivity contribution in [2.75, 3.05) is 6.61 Å². The molecule has 0 aromatic heterocycles. The summed E-state index contributed by atoms with van der Waals surface area (Å²) in [6.07, 6.45) is -5.78. The molecule has 0 amide bonds. The number of hydrogen-bond acceptors (Lipinski definition) is 8. The second-order valence-electron chi connectivity index (χ2n) is 2.80. The number of hydrogen-bond donors (Lipinski definition) is 7. The van der Waals surface area contributed by atoms with E-state index in [0.717, 1.165) is 0 Å². The molecule has 16 heavy (non-hydrogen) atoms. The quantitative estimate of drug-likeness (QED) is 0.275. The molecular formula is C5H17N2O8P. The van der Waals surface area contributed by atoms with E-state index in [1.54, 1.807) is 0 Å². The zero-order valence-corrected chi connectivity index (χ0v) is 9.23. The Hall–Kier alpha value is -0.130. The van der Waals surface area contributed by atoms with Crippen LogP contribution in [-0.2, 0) is 13.8 Å². The predicted octanol–water partition coefficient (Wildman–Crippen LogP) is -2.14. The Kier molecular flexibility index (Phi) is 7.49. The molecule has 0 aliphatic carbocycles. The van der Waals surface area contributed by atoms with Crippen molar-refractivity contribution < 1.29 is 38.9 Å². The molecule has 0 radical (unpaired) electrons. The van der Waals surface area contributed by atoms with Crippen LogP contribution in [0.15, 0.2) is 0 Å². The molecule has 11 heteroatoms. The molecule has 1 aliphatic rings. The van der Waals surface area contributed by atoms with E-state index in [1.807, 2.05) is 0 Å². The molecular weight excluding hydrogens is 247 g/mol. The summed E-state index contributed by atoms with van der Waals surface area (Å²) in [5.74, 6) is 0. The van der Waals surface area contributed by atoms with Gasteiger partial charge in [-0.05, 0) is 0 Å². The fourth-order valence-electron chi connectivity index (χ4n) is 1.09. The molecule has 100 valence electrons. The fourth-order valence-corrected chi connectivity index (χ4v) is 1.53. The van der Waals surface area contributed by atoms with Crippen LogP contribution < -0.4 is 12.3 Å². The normalized spacial score (nSPS) is 34.1. The summed E-state index contributed by atoms with van der Waals surface area (Å²) in [6, 6.07) is 0. The largest absolute Gasteiger partial charge is 0.472 e. The van der Waals surface area contributed by atoms with E-state index >= 15 is 0 Å². The fraction of sp³-hybridized carbons (Fsp3) is 1.00. The minimum atomic E-state index is -4.79. The summed E-state index contributed by atoms with van der Waals surface area (Å²) in [5, 5.41) is 26.9. The van der Waals surface area contributed by atoms with Crippen molar-refractivity contribution in [3.63, 3.8) is 0 Å². The van der Waals surface area contributed by atoms with Crippen LogP contribution in [0.25, 0.3) is 0 Å². The first-order valence-electron chi connectivity index (χ1n) is 3.71. The highest BCUT2D eigenvalue weighted by Gasteiger charge is 2.45. The molecule has 0 aromatic rings. The average molecular weight is 264 g/mol. The second-order valence-corrected chi connectivity index (χ2v) is 3.99. The molecule has 4 atom stereocenters. The molecule has 1 heterocycles. The first-order chi connectivity index (χ1) is 6.35. The Bertz CT molecular complexity index is 247. The van der Waals surface area contributed by atoms with E-state index in [0.29, 0.717) is 0 Å². The number of ether oxygens (including phenoxy) is 1. The second kappa shape index (κ2) is 6.57. The smallest absolute Gasteiger partial charge is 0.394 e. The molecule has 1 saturated heterocycles. The third-order valence-corrected chi connectivity index (χ3v) is 2.22. The standard InChI is InChI=1S/C5H11O8P.2H3N/c6-1-2-3(7)4(8)5(12-2)13-14(9,10)11;;/h2-8H,1H2,(H2,9,10,11);2*1H3/t2-,3-,4-,5-;;/m1../s1. The number of phosphoric ester groups is 1. The van der Waals surface area contributed by atoms with E-state index in [9.17, 15) is 4.57 Å². The average Bonchev–Trinajstić information content (AvgIpc) is 2.30. The zero-order chi connectivity index (χ0) is 10.9. The Labute approximate surface area is 91.2 Å². The lowest BCUT2D eigenvalue weighted by atomic mass is 10.1. The van der Waals surface area contributed by atoms with Crippen molar-refractivity contribution in [1.29, 1.82) is 0 Å². The van der Waals surface area contributed by atoms with E-state index < -0.39 is 39.0 Å². The molecule has 0 unspecified atom stereocenters. The van der Waals surface area contributed by atoms with Gasteiger partial charge in [0.25, 0.3) is 0 Å². The Balaban J connectivity index is 0. The maximum absolute atomic E-state index is 10.4. The van der Waals surface area contributed by atoms with Crippen LogP contribution in [0.2, 0.25) is 0 Å². The van der Waals surface area contributed by atoms with Gasteiger partial charge in [0.15, 0.2) is 6.29 Å². The Morgan fingerprint density at radius 2 is 1.69 bits per heavy atom. The molecule has 0 aromatic carbocycles. The van der Waals surface area contributed by atoms with Gasteiger partial charge in [-0.15, -0.1) is 0 Å². The van der Waals surface area contributed by atoms with Crippen LogP contribution >= 0.6 is 7.82 Å². The van der Waals surface area contributed by atoms with Crippen LogP contribution in [0.3, 0.4) is 0 Å². The van der Waals surface area contributed by atoms with Gasteiger partial charge in [0.05, 0.1) is 6.61 Å². The van der Waals surface area contributed by atoms with Crippen LogP contribution in [0, 0.1) is 0 Å². The van der Waals surface area contributed by atoms with Crippen molar-refractivity contribution in [3.05, 3.63) is 0 Å². The number of aliphatic hydroxyl groups is 3. The number of aliphatic hydroxyl groups excluding tert-OH is 3. The van der Waals surface area contributed by atoms with Crippen molar-refractivity contribution in [3.8, 4) is 0 Å². The molecule has 11 N–H and O–H groups in total. The molecule has 10 nitrogen and oxygen atoms in total. The zero-order valence-electron chi connectivity index (χ0n) is 8.34. The maximum atomic E-state index is 10.4. The lowest BCUT2D eigenvalue weighted by Crippen LogP contribution is -2.34. The number of rotatable bonds is 3. The first-order valence-corrected chi connectivity index (χ1v) is 5.24. The van der Waals surface area contributed by atoms with Gasteiger partial charge in [0.2, 0.25) is 0 Å². The highest BCUT2D eigenvalue weighted by molar-refractivity contribution is 7.46. The molecule has 1 fully saturated rings. The predicted molar refractivity (Wildman–Crippen MR) is 50.9 cm³/mol. The Morgan fingerprint density at radius 3 is 2.00 bits per heavy atom. The van der Waals surface area contributed by atoms with E-state index in [4.69, 9.17) is 25.1 Å². The maximum Gasteiger partial charge on any atom is 0.472 e. The minimum Gasteiger partial charge on any atom is -0.394 e. The molecule has 0 saturated carbocycles. The summed E-state index contributed by atoms with van der Waals surface area (Å²) in [5.41, 5.74) is 0. The third-order valence-electron chi connectivity index (χ3n) is 1.74. The lowest BCUT2D eigenvalue weighted by Gasteiger charge is -2.15. The summed E-state index contributed by atoms with van der Waals surface area (Å²) in [7, 11) is -4.79. The van der Waals surface area contributed by atoms with Gasteiger partial charge >= 0.3 is 7.82 Å². The van der Waals surface area contributed by atoms with Crippen LogP contribution in [0.4, 0.5) is 0 Å². The van der Waals surface area contributed by atoms with Crippen LogP contribution in [0.5, 0.6) is 0 Å². The summed E-state index contributed by atoms with van der Waals surface area (Å²) in [6.45, 7) is -0.584. The minimum absolute atomic E-state index is 0. The SMILES string of the molecule is N.N.O=P(O)(O)O[C@H]1O[C@H](CO)[C@@H](O)[C@H]1O. The van der Waals surface area contributed by atoms with E-state index in [-0.39, 0.29) is 12.3 Å². The topological polar surface area (TPSA) is 207 Å².